The summed E-state index contributed by atoms with van der Waals surface area (Å²) in [4.78, 5) is 23.8. The van der Waals surface area contributed by atoms with Crippen LogP contribution in [0.25, 0.3) is 11.1 Å². The Morgan fingerprint density at radius 3 is 2.00 bits per heavy atom. The molecule has 1 atom stereocenters. The molecule has 0 saturated carbocycles. The Bertz CT molecular complexity index is 691. The molecule has 0 unspecified atom stereocenters. The van der Waals surface area contributed by atoms with Gasteiger partial charge in [0, 0.05) is 10.3 Å². The summed E-state index contributed by atoms with van der Waals surface area (Å²) >= 11 is 4.32. The summed E-state index contributed by atoms with van der Waals surface area (Å²) in [6.45, 7) is 3.45. The molecule has 5 heteroatoms. The summed E-state index contributed by atoms with van der Waals surface area (Å²) in [5.41, 5.74) is 7.90. The van der Waals surface area contributed by atoms with Crippen LogP contribution in [-0.4, -0.2) is 22.6 Å². The van der Waals surface area contributed by atoms with Gasteiger partial charge in [0.2, 0.25) is 5.91 Å². The van der Waals surface area contributed by atoms with Gasteiger partial charge >= 0.3 is 0 Å². The maximum Gasteiger partial charge on any atom is 0.251 e. The SMILES string of the molecule is CC(C)(S)[C@H](NC(=O)c1ccc(-c2ccccc2)cc1)C(N)=O. The Hall–Kier alpha value is -2.27. The summed E-state index contributed by atoms with van der Waals surface area (Å²) in [7, 11) is 0. The Morgan fingerprint density at radius 1 is 1.00 bits per heavy atom. The van der Waals surface area contributed by atoms with E-state index < -0.39 is 16.7 Å². The van der Waals surface area contributed by atoms with Gasteiger partial charge in [0.15, 0.2) is 0 Å². The molecule has 23 heavy (non-hydrogen) atoms. The molecule has 2 aromatic rings. The van der Waals surface area contributed by atoms with Crippen molar-refractivity contribution in [3.63, 3.8) is 0 Å². The molecule has 0 aliphatic rings. The second-order valence-corrected chi connectivity index (χ2v) is 7.06. The fourth-order valence-corrected chi connectivity index (χ4v) is 2.45. The predicted octanol–water partition coefficient (Wildman–Crippen LogP) is 2.65. The molecule has 0 aliphatic heterocycles. The molecule has 4 nitrogen and oxygen atoms in total. The minimum atomic E-state index is -0.855. The number of rotatable bonds is 5. The Labute approximate surface area is 141 Å². The molecule has 0 bridgehead atoms. The summed E-state index contributed by atoms with van der Waals surface area (Å²) in [5.74, 6) is -0.963. The second-order valence-electron chi connectivity index (χ2n) is 5.91. The molecule has 0 aliphatic carbocycles. The van der Waals surface area contributed by atoms with E-state index in [0.29, 0.717) is 5.56 Å². The number of thiol groups is 1. The molecule has 0 spiro atoms. The van der Waals surface area contributed by atoms with Crippen LogP contribution >= 0.6 is 12.6 Å². The van der Waals surface area contributed by atoms with E-state index in [1.807, 2.05) is 42.5 Å². The van der Waals surface area contributed by atoms with Crippen molar-refractivity contribution in [2.24, 2.45) is 5.73 Å². The van der Waals surface area contributed by atoms with Crippen LogP contribution in [0, 0.1) is 0 Å². The molecule has 3 N–H and O–H groups in total. The molecule has 0 radical (unpaired) electrons. The van der Waals surface area contributed by atoms with Gasteiger partial charge in [0.1, 0.15) is 6.04 Å². The Balaban J connectivity index is 2.16. The van der Waals surface area contributed by atoms with Crippen LogP contribution in [0.1, 0.15) is 24.2 Å². The number of amides is 2. The first-order valence-electron chi connectivity index (χ1n) is 7.27. The molecule has 2 rings (SSSR count). The van der Waals surface area contributed by atoms with Crippen molar-refractivity contribution in [3.8, 4) is 11.1 Å². The van der Waals surface area contributed by atoms with E-state index in [1.54, 1.807) is 26.0 Å². The van der Waals surface area contributed by atoms with Crippen LogP contribution in [0.15, 0.2) is 54.6 Å². The van der Waals surface area contributed by atoms with Gasteiger partial charge in [-0.3, -0.25) is 9.59 Å². The maximum absolute atomic E-state index is 12.3. The Morgan fingerprint density at radius 2 is 1.52 bits per heavy atom. The van der Waals surface area contributed by atoms with Crippen molar-refractivity contribution in [3.05, 3.63) is 60.2 Å². The fraction of sp³-hybridized carbons (Fsp3) is 0.222. The molecule has 0 aromatic heterocycles. The topological polar surface area (TPSA) is 72.2 Å². The molecular formula is C18H20N2O2S. The number of primary amides is 1. The van der Waals surface area contributed by atoms with Crippen LogP contribution in [0.4, 0.5) is 0 Å². The minimum absolute atomic E-state index is 0.351. The van der Waals surface area contributed by atoms with Gasteiger partial charge in [0.05, 0.1) is 0 Å². The molecule has 0 fully saturated rings. The van der Waals surface area contributed by atoms with E-state index in [1.165, 1.54) is 0 Å². The van der Waals surface area contributed by atoms with Gasteiger partial charge in [-0.15, -0.1) is 0 Å². The van der Waals surface area contributed by atoms with Gasteiger partial charge in [-0.25, -0.2) is 0 Å². The van der Waals surface area contributed by atoms with Crippen LogP contribution < -0.4 is 11.1 Å². The highest BCUT2D eigenvalue weighted by Crippen LogP contribution is 2.20. The number of hydrogen-bond donors (Lipinski definition) is 3. The lowest BCUT2D eigenvalue weighted by atomic mass is 10.0. The first-order chi connectivity index (χ1) is 10.8. The van der Waals surface area contributed by atoms with E-state index in [9.17, 15) is 9.59 Å². The molecule has 0 saturated heterocycles. The van der Waals surface area contributed by atoms with Crippen molar-refractivity contribution in [1.29, 1.82) is 0 Å². The second kappa shape index (κ2) is 6.87. The van der Waals surface area contributed by atoms with Gasteiger partial charge in [-0.1, -0.05) is 42.5 Å². The normalized spacial score (nSPS) is 12.5. The summed E-state index contributed by atoms with van der Waals surface area (Å²) in [6, 6.07) is 16.2. The minimum Gasteiger partial charge on any atom is -0.368 e. The first kappa shape index (κ1) is 17.1. The maximum atomic E-state index is 12.3. The van der Waals surface area contributed by atoms with E-state index in [0.717, 1.165) is 11.1 Å². The van der Waals surface area contributed by atoms with E-state index in [2.05, 4.69) is 17.9 Å². The molecular weight excluding hydrogens is 308 g/mol. The summed E-state index contributed by atoms with van der Waals surface area (Å²) in [6.07, 6.45) is 0. The van der Waals surface area contributed by atoms with Gasteiger partial charge in [-0.2, -0.15) is 12.6 Å². The van der Waals surface area contributed by atoms with E-state index >= 15 is 0 Å². The van der Waals surface area contributed by atoms with Gasteiger partial charge < -0.3 is 11.1 Å². The van der Waals surface area contributed by atoms with Crippen molar-refractivity contribution in [2.45, 2.75) is 24.6 Å². The third-order valence-electron chi connectivity index (χ3n) is 3.52. The zero-order valence-electron chi connectivity index (χ0n) is 13.1. The third kappa shape index (κ3) is 4.36. The predicted molar refractivity (Wildman–Crippen MR) is 95.4 cm³/mol. The zero-order valence-corrected chi connectivity index (χ0v) is 14.0. The number of nitrogens with two attached hydrogens (primary N) is 1. The number of nitrogens with one attached hydrogen (secondary N) is 1. The first-order valence-corrected chi connectivity index (χ1v) is 7.72. The van der Waals surface area contributed by atoms with Crippen LogP contribution in [0.3, 0.4) is 0 Å². The van der Waals surface area contributed by atoms with Crippen LogP contribution in [0.2, 0.25) is 0 Å². The number of benzene rings is 2. The number of hydrogen-bond acceptors (Lipinski definition) is 3. The summed E-state index contributed by atoms with van der Waals surface area (Å²) < 4.78 is -0.745. The average molecular weight is 328 g/mol. The van der Waals surface area contributed by atoms with Crippen molar-refractivity contribution in [2.75, 3.05) is 0 Å². The average Bonchev–Trinajstić information content (AvgIpc) is 2.52. The zero-order chi connectivity index (χ0) is 17.0. The molecule has 0 heterocycles. The number of carbonyl (C=O) groups is 2. The van der Waals surface area contributed by atoms with Crippen LogP contribution in [0.5, 0.6) is 0 Å². The van der Waals surface area contributed by atoms with E-state index in [4.69, 9.17) is 5.73 Å². The fourth-order valence-electron chi connectivity index (χ4n) is 2.25. The lowest BCUT2D eigenvalue weighted by Gasteiger charge is -2.27. The molecule has 2 aromatic carbocycles. The van der Waals surface area contributed by atoms with Gasteiger partial charge in [-0.05, 0) is 37.1 Å². The molecule has 2 amide bonds. The highest BCUT2D eigenvalue weighted by atomic mass is 32.1. The number of carbonyl (C=O) groups excluding carboxylic acids is 2. The standard InChI is InChI=1S/C18H20N2O2S/c1-18(2,23)15(16(19)21)20-17(22)14-10-8-13(9-11-14)12-6-4-3-5-7-12/h3-11,15,23H,1-2H3,(H2,19,21)(H,20,22)/t15-/m1/s1. The highest BCUT2D eigenvalue weighted by molar-refractivity contribution is 7.81. The quantitative estimate of drug-likeness (QED) is 0.738. The van der Waals surface area contributed by atoms with Crippen LogP contribution in [-0.2, 0) is 4.79 Å². The molecule has 120 valence electrons. The van der Waals surface area contributed by atoms with E-state index in [-0.39, 0.29) is 5.91 Å². The Kier molecular flexibility index (Phi) is 5.11. The highest BCUT2D eigenvalue weighted by Gasteiger charge is 2.32. The smallest absolute Gasteiger partial charge is 0.251 e. The summed E-state index contributed by atoms with van der Waals surface area (Å²) in [5, 5.41) is 2.64. The lowest BCUT2D eigenvalue weighted by Crippen LogP contribution is -2.54. The van der Waals surface area contributed by atoms with Crippen molar-refractivity contribution < 1.29 is 9.59 Å². The monoisotopic (exact) mass is 328 g/mol. The van der Waals surface area contributed by atoms with Gasteiger partial charge in [0.25, 0.3) is 5.91 Å². The van der Waals surface area contributed by atoms with Crippen molar-refractivity contribution >= 4 is 24.4 Å². The third-order valence-corrected chi connectivity index (χ3v) is 3.78. The van der Waals surface area contributed by atoms with Crippen molar-refractivity contribution in [1.82, 2.24) is 5.32 Å². The lowest BCUT2D eigenvalue weighted by molar-refractivity contribution is -0.120. The largest absolute Gasteiger partial charge is 0.368 e.